The molecule has 4 aromatic rings. The molecule has 0 unspecified atom stereocenters. The van der Waals surface area contributed by atoms with E-state index in [0.29, 0.717) is 32.4 Å². The summed E-state index contributed by atoms with van der Waals surface area (Å²) in [4.78, 5) is 27.9. The topological polar surface area (TPSA) is 104 Å². The zero-order chi connectivity index (χ0) is 19.8. The fourth-order valence-corrected chi connectivity index (χ4v) is 4.53. The van der Waals surface area contributed by atoms with Crippen LogP contribution >= 0.6 is 22.7 Å². The maximum absolute atomic E-state index is 12.6. The number of non-ortho nitro benzene ring substituents is 1. The Morgan fingerprint density at radius 2 is 1.82 bits per heavy atom. The Morgan fingerprint density at radius 3 is 2.54 bits per heavy atom. The third-order valence-corrected chi connectivity index (χ3v) is 6.10. The normalized spacial score (nSPS) is 10.9. The van der Waals surface area contributed by atoms with Crippen molar-refractivity contribution in [2.75, 3.05) is 19.5 Å². The molecule has 0 saturated carbocycles. The number of nitro groups is 1. The predicted molar refractivity (Wildman–Crippen MR) is 109 cm³/mol. The van der Waals surface area contributed by atoms with E-state index in [1.165, 1.54) is 34.8 Å². The molecule has 142 valence electrons. The molecule has 0 aliphatic rings. The van der Waals surface area contributed by atoms with Crippen LogP contribution in [0.2, 0.25) is 0 Å². The molecule has 2 aromatic carbocycles. The van der Waals surface area contributed by atoms with Crippen LogP contribution in [0.5, 0.6) is 11.5 Å². The average molecular weight is 415 g/mol. The first-order valence-corrected chi connectivity index (χ1v) is 9.63. The SMILES string of the molecule is COc1cc2nc(NC(=O)c3cc4cc([N+](=O)[O-])ccc4s3)sc2cc1OC. The number of thiazole rings is 1. The molecule has 0 fully saturated rings. The van der Waals surface area contributed by atoms with Crippen LogP contribution in [0.1, 0.15) is 9.67 Å². The fourth-order valence-electron chi connectivity index (χ4n) is 2.72. The monoisotopic (exact) mass is 415 g/mol. The maximum Gasteiger partial charge on any atom is 0.270 e. The minimum atomic E-state index is -0.458. The molecule has 0 aliphatic carbocycles. The Kier molecular flexibility index (Phi) is 4.57. The summed E-state index contributed by atoms with van der Waals surface area (Å²) in [6.45, 7) is 0. The second-order valence-electron chi connectivity index (χ2n) is 5.74. The van der Waals surface area contributed by atoms with Gasteiger partial charge in [-0.1, -0.05) is 11.3 Å². The summed E-state index contributed by atoms with van der Waals surface area (Å²) >= 11 is 2.59. The number of ether oxygens (including phenoxy) is 2. The smallest absolute Gasteiger partial charge is 0.270 e. The van der Waals surface area contributed by atoms with E-state index in [9.17, 15) is 14.9 Å². The summed E-state index contributed by atoms with van der Waals surface area (Å²) in [6.07, 6.45) is 0. The minimum Gasteiger partial charge on any atom is -0.493 e. The van der Waals surface area contributed by atoms with Gasteiger partial charge in [0, 0.05) is 34.4 Å². The van der Waals surface area contributed by atoms with E-state index < -0.39 is 4.92 Å². The molecule has 8 nitrogen and oxygen atoms in total. The Labute approximate surface area is 166 Å². The first-order valence-electron chi connectivity index (χ1n) is 8.00. The summed E-state index contributed by atoms with van der Waals surface area (Å²) in [5.74, 6) is 0.828. The highest BCUT2D eigenvalue weighted by atomic mass is 32.1. The first kappa shape index (κ1) is 18.1. The number of nitrogens with zero attached hydrogens (tertiary/aromatic N) is 2. The van der Waals surface area contributed by atoms with Gasteiger partial charge in [0.1, 0.15) is 0 Å². The van der Waals surface area contributed by atoms with Crippen LogP contribution < -0.4 is 14.8 Å². The van der Waals surface area contributed by atoms with E-state index in [2.05, 4.69) is 10.3 Å². The largest absolute Gasteiger partial charge is 0.493 e. The van der Waals surface area contributed by atoms with Gasteiger partial charge in [-0.05, 0) is 12.1 Å². The number of hydrogen-bond acceptors (Lipinski definition) is 8. The molecule has 4 rings (SSSR count). The van der Waals surface area contributed by atoms with Gasteiger partial charge in [0.05, 0.1) is 34.2 Å². The van der Waals surface area contributed by atoms with E-state index in [4.69, 9.17) is 9.47 Å². The summed E-state index contributed by atoms with van der Waals surface area (Å²) in [7, 11) is 3.10. The van der Waals surface area contributed by atoms with E-state index in [1.807, 2.05) is 0 Å². The van der Waals surface area contributed by atoms with E-state index in [0.717, 1.165) is 9.40 Å². The number of anilines is 1. The lowest BCUT2D eigenvalue weighted by Crippen LogP contribution is -2.09. The lowest BCUT2D eigenvalue weighted by atomic mass is 10.2. The van der Waals surface area contributed by atoms with Crippen LogP contribution in [0.4, 0.5) is 10.8 Å². The third-order valence-electron chi connectivity index (χ3n) is 4.05. The fraction of sp³-hybridized carbons (Fsp3) is 0.111. The van der Waals surface area contributed by atoms with Gasteiger partial charge in [0.2, 0.25) is 0 Å². The van der Waals surface area contributed by atoms with Gasteiger partial charge in [-0.25, -0.2) is 4.98 Å². The number of amides is 1. The highest BCUT2D eigenvalue weighted by molar-refractivity contribution is 7.23. The Hall–Kier alpha value is -3.24. The average Bonchev–Trinajstić information content (AvgIpc) is 3.28. The van der Waals surface area contributed by atoms with Crippen molar-refractivity contribution in [3.05, 3.63) is 51.4 Å². The van der Waals surface area contributed by atoms with Gasteiger partial charge in [0.15, 0.2) is 16.6 Å². The molecular formula is C18H13N3O5S2. The molecule has 2 aromatic heterocycles. The predicted octanol–water partition coefficient (Wildman–Crippen LogP) is 4.69. The first-order chi connectivity index (χ1) is 13.5. The number of methoxy groups -OCH3 is 2. The molecule has 1 N–H and O–H groups in total. The van der Waals surface area contributed by atoms with Crippen LogP contribution in [-0.2, 0) is 0 Å². The second-order valence-corrected chi connectivity index (χ2v) is 7.85. The summed E-state index contributed by atoms with van der Waals surface area (Å²) in [5.41, 5.74) is 0.677. The molecule has 10 heteroatoms. The van der Waals surface area contributed by atoms with Crippen molar-refractivity contribution in [1.29, 1.82) is 0 Å². The molecule has 1 amide bonds. The molecule has 28 heavy (non-hydrogen) atoms. The zero-order valence-electron chi connectivity index (χ0n) is 14.7. The Bertz CT molecular complexity index is 1190. The minimum absolute atomic E-state index is 0.00803. The molecule has 0 aliphatic heterocycles. The quantitative estimate of drug-likeness (QED) is 0.375. The zero-order valence-corrected chi connectivity index (χ0v) is 16.3. The van der Waals surface area contributed by atoms with E-state index in [-0.39, 0.29) is 11.6 Å². The van der Waals surface area contributed by atoms with Gasteiger partial charge in [-0.3, -0.25) is 20.2 Å². The van der Waals surface area contributed by atoms with Crippen molar-refractivity contribution >= 4 is 59.7 Å². The summed E-state index contributed by atoms with van der Waals surface area (Å²) in [5, 5.41) is 14.8. The number of carbonyl (C=O) groups is 1. The number of fused-ring (bicyclic) bond motifs is 2. The molecule has 0 atom stereocenters. The highest BCUT2D eigenvalue weighted by Gasteiger charge is 2.16. The van der Waals surface area contributed by atoms with Crippen molar-refractivity contribution in [2.45, 2.75) is 0 Å². The van der Waals surface area contributed by atoms with Gasteiger partial charge < -0.3 is 9.47 Å². The lowest BCUT2D eigenvalue weighted by molar-refractivity contribution is -0.384. The van der Waals surface area contributed by atoms with Crippen molar-refractivity contribution in [3.8, 4) is 11.5 Å². The number of hydrogen-bond donors (Lipinski definition) is 1. The van der Waals surface area contributed by atoms with Gasteiger partial charge in [-0.2, -0.15) is 0 Å². The molecule has 0 saturated heterocycles. The van der Waals surface area contributed by atoms with Crippen LogP contribution in [0.3, 0.4) is 0 Å². The van der Waals surface area contributed by atoms with E-state index >= 15 is 0 Å². The van der Waals surface area contributed by atoms with Crippen LogP contribution in [0.15, 0.2) is 36.4 Å². The number of nitrogens with one attached hydrogen (secondary N) is 1. The van der Waals surface area contributed by atoms with Gasteiger partial charge in [-0.15, -0.1) is 11.3 Å². The summed E-state index contributed by atoms with van der Waals surface area (Å²) < 4.78 is 12.2. The molecule has 0 bridgehead atoms. The molecule has 2 heterocycles. The standard InChI is InChI=1S/C18H13N3O5S2/c1-25-12-7-11-15(8-13(12)26-2)28-18(19-11)20-17(22)16-6-9-5-10(21(23)24)3-4-14(9)27-16/h3-8H,1-2H3,(H,19,20,22). The maximum atomic E-state index is 12.6. The van der Waals surface area contributed by atoms with Crippen molar-refractivity contribution in [3.63, 3.8) is 0 Å². The van der Waals surface area contributed by atoms with Crippen LogP contribution in [0.25, 0.3) is 20.3 Å². The third kappa shape index (κ3) is 3.23. The highest BCUT2D eigenvalue weighted by Crippen LogP contribution is 2.36. The molecular weight excluding hydrogens is 402 g/mol. The number of nitro benzene ring substituents is 1. The van der Waals surface area contributed by atoms with Crippen LogP contribution in [-0.4, -0.2) is 30.0 Å². The molecule has 0 radical (unpaired) electrons. The van der Waals surface area contributed by atoms with Crippen molar-refractivity contribution in [1.82, 2.24) is 4.98 Å². The van der Waals surface area contributed by atoms with E-state index in [1.54, 1.807) is 38.5 Å². The second kappa shape index (κ2) is 7.06. The number of thiophene rings is 1. The summed E-state index contributed by atoms with van der Waals surface area (Å²) in [6, 6.07) is 9.72. The van der Waals surface area contributed by atoms with Crippen molar-refractivity contribution in [2.24, 2.45) is 0 Å². The molecule has 0 spiro atoms. The number of aromatic nitrogens is 1. The van der Waals surface area contributed by atoms with Gasteiger partial charge in [0.25, 0.3) is 11.6 Å². The van der Waals surface area contributed by atoms with Gasteiger partial charge >= 0.3 is 0 Å². The number of rotatable bonds is 5. The Balaban J connectivity index is 1.62. The number of carbonyl (C=O) groups excluding carboxylic acids is 1. The van der Waals surface area contributed by atoms with Crippen molar-refractivity contribution < 1.29 is 19.2 Å². The van der Waals surface area contributed by atoms with Crippen LogP contribution in [0, 0.1) is 10.1 Å². The lowest BCUT2D eigenvalue weighted by Gasteiger charge is -2.05. The number of benzene rings is 2. The Morgan fingerprint density at radius 1 is 1.07 bits per heavy atom.